The third-order valence-corrected chi connectivity index (χ3v) is 5.43. The van der Waals surface area contributed by atoms with Crippen LogP contribution in [-0.2, 0) is 10.8 Å². The number of aryl methyl sites for hydroxylation is 1. The second-order valence-corrected chi connectivity index (χ2v) is 6.72. The van der Waals surface area contributed by atoms with Crippen molar-refractivity contribution in [3.05, 3.63) is 65.7 Å². The highest BCUT2D eigenvalue weighted by atomic mass is 32.2. The highest BCUT2D eigenvalue weighted by Crippen LogP contribution is 2.25. The van der Waals surface area contributed by atoms with Crippen molar-refractivity contribution in [2.75, 3.05) is 7.05 Å². The van der Waals surface area contributed by atoms with Gasteiger partial charge >= 0.3 is 0 Å². The molecule has 3 atom stereocenters. The van der Waals surface area contributed by atoms with E-state index in [4.69, 9.17) is 0 Å². The molecule has 0 aliphatic rings. The molecule has 0 bridgehead atoms. The SMILES string of the molecule is CNC(c1ccccc1)C(C)S(=O)c1ccccc1C. The van der Waals surface area contributed by atoms with Crippen LogP contribution in [0, 0.1) is 6.92 Å². The molecule has 0 spiro atoms. The first-order valence-corrected chi connectivity index (χ1v) is 8.05. The van der Waals surface area contributed by atoms with E-state index >= 15 is 0 Å². The Morgan fingerprint density at radius 1 is 1.00 bits per heavy atom. The summed E-state index contributed by atoms with van der Waals surface area (Å²) in [5.41, 5.74) is 2.25. The van der Waals surface area contributed by atoms with Gasteiger partial charge in [0.25, 0.3) is 0 Å². The summed E-state index contributed by atoms with van der Waals surface area (Å²) in [6.07, 6.45) is 0. The predicted molar refractivity (Wildman–Crippen MR) is 85.3 cm³/mol. The van der Waals surface area contributed by atoms with E-state index in [1.807, 2.05) is 63.4 Å². The highest BCUT2D eigenvalue weighted by molar-refractivity contribution is 7.85. The van der Waals surface area contributed by atoms with E-state index in [0.717, 1.165) is 10.5 Å². The number of nitrogens with one attached hydrogen (secondary N) is 1. The maximum absolute atomic E-state index is 12.8. The van der Waals surface area contributed by atoms with Gasteiger partial charge in [0.15, 0.2) is 0 Å². The van der Waals surface area contributed by atoms with Gasteiger partial charge in [0.2, 0.25) is 0 Å². The van der Waals surface area contributed by atoms with Gasteiger partial charge in [-0.2, -0.15) is 0 Å². The Morgan fingerprint density at radius 3 is 2.20 bits per heavy atom. The summed E-state index contributed by atoms with van der Waals surface area (Å²) in [6.45, 7) is 4.05. The van der Waals surface area contributed by atoms with E-state index in [2.05, 4.69) is 17.4 Å². The molecule has 0 saturated carbocycles. The molecule has 2 aromatic carbocycles. The largest absolute Gasteiger partial charge is 0.312 e. The van der Waals surface area contributed by atoms with E-state index in [-0.39, 0.29) is 11.3 Å². The first kappa shape index (κ1) is 14.9. The Balaban J connectivity index is 2.28. The summed E-state index contributed by atoms with van der Waals surface area (Å²) in [7, 11) is 0.887. The fourth-order valence-electron chi connectivity index (χ4n) is 2.44. The van der Waals surface area contributed by atoms with Gasteiger partial charge in [-0.25, -0.2) is 0 Å². The van der Waals surface area contributed by atoms with Crippen molar-refractivity contribution in [1.29, 1.82) is 0 Å². The quantitative estimate of drug-likeness (QED) is 0.912. The molecule has 0 aromatic heterocycles. The summed E-state index contributed by atoms with van der Waals surface area (Å²) in [5, 5.41) is 3.30. The van der Waals surface area contributed by atoms with Crippen molar-refractivity contribution in [2.24, 2.45) is 0 Å². The molecule has 1 N–H and O–H groups in total. The predicted octanol–water partition coefficient (Wildman–Crippen LogP) is 3.45. The number of rotatable bonds is 5. The monoisotopic (exact) mass is 287 g/mol. The van der Waals surface area contributed by atoms with Gasteiger partial charge in [-0.1, -0.05) is 48.5 Å². The molecule has 2 rings (SSSR count). The Bertz CT molecular complexity index is 583. The fraction of sp³-hybridized carbons (Fsp3) is 0.294. The van der Waals surface area contributed by atoms with E-state index in [9.17, 15) is 4.21 Å². The second-order valence-electron chi connectivity index (χ2n) is 4.95. The Kier molecular flexibility index (Phi) is 5.10. The molecule has 3 unspecified atom stereocenters. The minimum absolute atomic E-state index is 0.00324. The van der Waals surface area contributed by atoms with Crippen molar-refractivity contribution in [3.8, 4) is 0 Å². The molecule has 2 aromatic rings. The summed E-state index contributed by atoms with van der Waals surface area (Å²) in [6, 6.07) is 18.2. The molecule has 3 heteroatoms. The van der Waals surface area contributed by atoms with Crippen LogP contribution < -0.4 is 5.32 Å². The Morgan fingerprint density at radius 2 is 1.60 bits per heavy atom. The van der Waals surface area contributed by atoms with Crippen molar-refractivity contribution in [2.45, 2.75) is 30.0 Å². The second kappa shape index (κ2) is 6.82. The van der Waals surface area contributed by atoms with E-state index in [1.165, 1.54) is 5.56 Å². The van der Waals surface area contributed by atoms with E-state index < -0.39 is 10.8 Å². The van der Waals surface area contributed by atoms with Gasteiger partial charge in [-0.3, -0.25) is 4.21 Å². The lowest BCUT2D eigenvalue weighted by Gasteiger charge is -2.24. The van der Waals surface area contributed by atoms with Gasteiger partial charge in [-0.15, -0.1) is 0 Å². The van der Waals surface area contributed by atoms with Gasteiger partial charge in [0.1, 0.15) is 0 Å². The minimum Gasteiger partial charge on any atom is -0.312 e. The van der Waals surface area contributed by atoms with Crippen LogP contribution in [-0.4, -0.2) is 16.5 Å². The molecule has 0 fully saturated rings. The molecule has 2 nitrogen and oxygen atoms in total. The van der Waals surface area contributed by atoms with Crippen molar-refractivity contribution in [1.82, 2.24) is 5.32 Å². The maximum atomic E-state index is 12.8. The molecule has 0 radical (unpaired) electrons. The average molecular weight is 287 g/mol. The lowest BCUT2D eigenvalue weighted by atomic mass is 10.0. The molecule has 0 aliphatic carbocycles. The van der Waals surface area contributed by atoms with Crippen LogP contribution in [0.3, 0.4) is 0 Å². The fourth-order valence-corrected chi connectivity index (χ4v) is 3.98. The zero-order valence-corrected chi connectivity index (χ0v) is 13.0. The van der Waals surface area contributed by atoms with Crippen molar-refractivity contribution >= 4 is 10.8 Å². The molecule has 20 heavy (non-hydrogen) atoms. The van der Waals surface area contributed by atoms with Crippen LogP contribution in [0.2, 0.25) is 0 Å². The molecular formula is C17H21NOS. The lowest BCUT2D eigenvalue weighted by Crippen LogP contribution is -2.30. The first-order valence-electron chi connectivity index (χ1n) is 6.83. The third kappa shape index (κ3) is 3.17. The summed E-state index contributed by atoms with van der Waals surface area (Å²) in [5.74, 6) is 0. The zero-order valence-electron chi connectivity index (χ0n) is 12.2. The molecular weight excluding hydrogens is 266 g/mol. The number of benzene rings is 2. The summed E-state index contributed by atoms with van der Waals surface area (Å²) < 4.78 is 12.8. The molecule has 0 amide bonds. The molecule has 0 saturated heterocycles. The van der Waals surface area contributed by atoms with Crippen LogP contribution in [0.4, 0.5) is 0 Å². The van der Waals surface area contributed by atoms with Crippen LogP contribution in [0.1, 0.15) is 24.1 Å². The van der Waals surface area contributed by atoms with Crippen LogP contribution >= 0.6 is 0 Å². The molecule has 0 heterocycles. The Labute approximate surface area is 123 Å². The molecule has 106 valence electrons. The highest BCUT2D eigenvalue weighted by Gasteiger charge is 2.24. The van der Waals surface area contributed by atoms with Crippen molar-refractivity contribution in [3.63, 3.8) is 0 Å². The lowest BCUT2D eigenvalue weighted by molar-refractivity contribution is 0.570. The van der Waals surface area contributed by atoms with Crippen LogP contribution in [0.15, 0.2) is 59.5 Å². The van der Waals surface area contributed by atoms with E-state index in [0.29, 0.717) is 0 Å². The normalized spacial score (nSPS) is 15.6. The standard InChI is InChI=1S/C17H21NOS/c1-13-9-7-8-12-16(13)20(19)14(2)17(18-3)15-10-5-4-6-11-15/h4-12,14,17-18H,1-3H3. The number of hydrogen-bond donors (Lipinski definition) is 1. The van der Waals surface area contributed by atoms with Gasteiger partial charge in [-0.05, 0) is 38.1 Å². The topological polar surface area (TPSA) is 29.1 Å². The van der Waals surface area contributed by atoms with E-state index in [1.54, 1.807) is 0 Å². The third-order valence-electron chi connectivity index (χ3n) is 3.59. The summed E-state index contributed by atoms with van der Waals surface area (Å²) in [4.78, 5) is 0.927. The smallest absolute Gasteiger partial charge is 0.0580 e. The van der Waals surface area contributed by atoms with Gasteiger partial charge < -0.3 is 5.32 Å². The zero-order chi connectivity index (χ0) is 14.5. The Hall–Kier alpha value is -1.45. The minimum atomic E-state index is -1.03. The molecule has 0 aliphatic heterocycles. The van der Waals surface area contributed by atoms with Crippen molar-refractivity contribution < 1.29 is 4.21 Å². The number of hydrogen-bond acceptors (Lipinski definition) is 2. The van der Waals surface area contributed by atoms with Gasteiger partial charge in [0, 0.05) is 10.9 Å². The van der Waals surface area contributed by atoms with Gasteiger partial charge in [0.05, 0.1) is 16.0 Å². The first-order chi connectivity index (χ1) is 9.65. The average Bonchev–Trinajstić information content (AvgIpc) is 2.49. The van der Waals surface area contributed by atoms with Crippen LogP contribution in [0.25, 0.3) is 0 Å². The summed E-state index contributed by atoms with van der Waals surface area (Å²) >= 11 is 0. The maximum Gasteiger partial charge on any atom is 0.0580 e. The van der Waals surface area contributed by atoms with Crippen LogP contribution in [0.5, 0.6) is 0 Å².